The Morgan fingerprint density at radius 1 is 1.32 bits per heavy atom. The quantitative estimate of drug-likeness (QED) is 0.656. The molecule has 1 aromatic rings. The van der Waals surface area contributed by atoms with Gasteiger partial charge < -0.3 is 15.3 Å². The number of nitrogens with one attached hydrogen (secondary N) is 1. The number of halogens is 1. The molecule has 1 unspecified atom stereocenters. The summed E-state index contributed by atoms with van der Waals surface area (Å²) in [5.41, 5.74) is 0.522. The highest BCUT2D eigenvalue weighted by atomic mass is 35.5. The van der Waals surface area contributed by atoms with Crippen molar-refractivity contribution in [2.24, 2.45) is 0 Å². The third-order valence-corrected chi connectivity index (χ3v) is 4.76. The van der Waals surface area contributed by atoms with Crippen LogP contribution in [0.25, 0.3) is 0 Å². The number of rotatable bonds is 4. The lowest BCUT2D eigenvalue weighted by atomic mass is 9.97. The van der Waals surface area contributed by atoms with Crippen LogP contribution in [0.3, 0.4) is 0 Å². The number of nitrogens with zero attached hydrogens (tertiary/aromatic N) is 2. The van der Waals surface area contributed by atoms with Gasteiger partial charge in [0, 0.05) is 29.9 Å². The van der Waals surface area contributed by atoms with Crippen LogP contribution in [0.2, 0.25) is 0 Å². The molecule has 0 aliphatic carbocycles. The number of amides is 1. The van der Waals surface area contributed by atoms with Gasteiger partial charge in [0.05, 0.1) is 5.88 Å². The standard InChI is InChI=1S/C15H18ClN3O3/c16-7-13(20)9-1-4-14(17-8-9)19-11-2-3-12(19)6-10(5-11)18-15(21)22/h1,4,8,10-12,18H,2-3,5-7H2,(H,21,22)/t10?,11-,12+. The Kier molecular flexibility index (Phi) is 4.20. The van der Waals surface area contributed by atoms with Gasteiger partial charge in [0.25, 0.3) is 0 Å². The van der Waals surface area contributed by atoms with Crippen molar-refractivity contribution in [2.45, 2.75) is 43.8 Å². The molecule has 3 rings (SSSR count). The first-order chi connectivity index (χ1) is 10.6. The van der Waals surface area contributed by atoms with Gasteiger partial charge in [-0.2, -0.15) is 0 Å². The van der Waals surface area contributed by atoms with Crippen molar-refractivity contribution >= 4 is 29.3 Å². The fourth-order valence-corrected chi connectivity index (χ4v) is 3.78. The van der Waals surface area contributed by atoms with E-state index in [2.05, 4.69) is 15.2 Å². The number of piperidine rings is 1. The first kappa shape index (κ1) is 15.1. The Bertz CT molecular complexity index is 564. The van der Waals surface area contributed by atoms with E-state index in [1.165, 1.54) is 0 Å². The van der Waals surface area contributed by atoms with Crippen LogP contribution in [-0.4, -0.2) is 46.0 Å². The Labute approximate surface area is 133 Å². The molecule has 1 aromatic heterocycles. The van der Waals surface area contributed by atoms with Crippen LogP contribution in [0.15, 0.2) is 18.3 Å². The molecular weight excluding hydrogens is 306 g/mol. The van der Waals surface area contributed by atoms with Crippen LogP contribution in [0, 0.1) is 0 Å². The summed E-state index contributed by atoms with van der Waals surface area (Å²) in [4.78, 5) is 29.0. The SMILES string of the molecule is O=C(O)NC1C[C@H]2CC[C@@H](C1)N2c1ccc(C(=O)CCl)cn1. The Hall–Kier alpha value is -1.82. The maximum absolute atomic E-state index is 11.5. The van der Waals surface area contributed by atoms with E-state index in [0.717, 1.165) is 31.5 Å². The third-order valence-electron chi connectivity index (χ3n) is 4.52. The molecule has 7 heteroatoms. The number of Topliss-reactive ketones (excluding diaryl/α,β-unsaturated/α-hetero) is 1. The maximum Gasteiger partial charge on any atom is 0.404 e. The number of anilines is 1. The van der Waals surface area contributed by atoms with Gasteiger partial charge in [-0.3, -0.25) is 4.79 Å². The second-order valence-electron chi connectivity index (χ2n) is 5.87. The Balaban J connectivity index is 1.74. The summed E-state index contributed by atoms with van der Waals surface area (Å²) in [6, 6.07) is 4.24. The van der Waals surface area contributed by atoms with Gasteiger partial charge in [0.15, 0.2) is 5.78 Å². The minimum absolute atomic E-state index is 0.0170. The van der Waals surface area contributed by atoms with E-state index in [1.54, 1.807) is 12.3 Å². The molecule has 2 bridgehead atoms. The van der Waals surface area contributed by atoms with Crippen LogP contribution in [0.4, 0.5) is 10.6 Å². The Morgan fingerprint density at radius 3 is 2.50 bits per heavy atom. The molecule has 22 heavy (non-hydrogen) atoms. The van der Waals surface area contributed by atoms with Gasteiger partial charge >= 0.3 is 6.09 Å². The zero-order valence-electron chi connectivity index (χ0n) is 12.0. The van der Waals surface area contributed by atoms with Crippen molar-refractivity contribution in [2.75, 3.05) is 10.8 Å². The van der Waals surface area contributed by atoms with Gasteiger partial charge in [0.2, 0.25) is 0 Å². The first-order valence-electron chi connectivity index (χ1n) is 7.41. The number of aromatic nitrogens is 1. The van der Waals surface area contributed by atoms with Crippen molar-refractivity contribution in [3.05, 3.63) is 23.9 Å². The van der Waals surface area contributed by atoms with Crippen LogP contribution in [0.1, 0.15) is 36.0 Å². The molecule has 1 amide bonds. The summed E-state index contributed by atoms with van der Waals surface area (Å²) in [6.45, 7) is 0. The number of carboxylic acid groups (broad SMARTS) is 1. The summed E-state index contributed by atoms with van der Waals surface area (Å²) in [6.07, 6.45) is 4.31. The molecule has 0 radical (unpaired) electrons. The maximum atomic E-state index is 11.5. The summed E-state index contributed by atoms with van der Waals surface area (Å²) in [7, 11) is 0. The Morgan fingerprint density at radius 2 is 2.00 bits per heavy atom. The van der Waals surface area contributed by atoms with Gasteiger partial charge in [-0.1, -0.05) is 0 Å². The molecular formula is C15H18ClN3O3. The predicted octanol–water partition coefficient (Wildman–Crippen LogP) is 2.27. The molecule has 0 saturated carbocycles. The second-order valence-corrected chi connectivity index (χ2v) is 6.14. The number of pyridine rings is 1. The minimum atomic E-state index is -0.958. The summed E-state index contributed by atoms with van der Waals surface area (Å²) in [5, 5.41) is 11.5. The number of hydrogen-bond acceptors (Lipinski definition) is 4. The van der Waals surface area contributed by atoms with E-state index in [9.17, 15) is 9.59 Å². The van der Waals surface area contributed by atoms with Crippen molar-refractivity contribution in [3.63, 3.8) is 0 Å². The fourth-order valence-electron chi connectivity index (χ4n) is 3.62. The highest BCUT2D eigenvalue weighted by Crippen LogP contribution is 2.38. The average Bonchev–Trinajstić information content (AvgIpc) is 2.77. The molecule has 2 saturated heterocycles. The van der Waals surface area contributed by atoms with Crippen molar-refractivity contribution < 1.29 is 14.7 Å². The molecule has 2 N–H and O–H groups in total. The first-order valence-corrected chi connectivity index (χ1v) is 7.95. The minimum Gasteiger partial charge on any atom is -0.465 e. The molecule has 0 spiro atoms. The van der Waals surface area contributed by atoms with Gasteiger partial charge in [-0.15, -0.1) is 11.6 Å². The van der Waals surface area contributed by atoms with Crippen LogP contribution in [-0.2, 0) is 0 Å². The zero-order chi connectivity index (χ0) is 15.7. The topological polar surface area (TPSA) is 82.5 Å². The number of fused-ring (bicyclic) bond motifs is 2. The van der Waals surface area contributed by atoms with Gasteiger partial charge in [-0.05, 0) is 37.8 Å². The van der Waals surface area contributed by atoms with Crippen LogP contribution in [0.5, 0.6) is 0 Å². The number of carbonyl (C=O) groups is 2. The number of hydrogen-bond donors (Lipinski definition) is 2. The lowest BCUT2D eigenvalue weighted by Gasteiger charge is -2.39. The number of alkyl halides is 1. The molecule has 2 aliphatic rings. The van der Waals surface area contributed by atoms with Gasteiger partial charge in [-0.25, -0.2) is 9.78 Å². The number of ketones is 1. The zero-order valence-corrected chi connectivity index (χ0v) is 12.8. The second kappa shape index (κ2) is 6.12. The predicted molar refractivity (Wildman–Crippen MR) is 82.8 cm³/mol. The van der Waals surface area contributed by atoms with E-state index in [1.807, 2.05) is 6.07 Å². The smallest absolute Gasteiger partial charge is 0.404 e. The van der Waals surface area contributed by atoms with Crippen LogP contribution >= 0.6 is 11.6 Å². The normalized spacial score (nSPS) is 26.8. The van der Waals surface area contributed by atoms with Crippen molar-refractivity contribution in [3.8, 4) is 0 Å². The van der Waals surface area contributed by atoms with Crippen molar-refractivity contribution in [1.82, 2.24) is 10.3 Å². The molecule has 118 valence electrons. The molecule has 0 aromatic carbocycles. The van der Waals surface area contributed by atoms with E-state index in [0.29, 0.717) is 17.6 Å². The van der Waals surface area contributed by atoms with E-state index in [4.69, 9.17) is 16.7 Å². The van der Waals surface area contributed by atoms with E-state index < -0.39 is 6.09 Å². The van der Waals surface area contributed by atoms with Crippen LogP contribution < -0.4 is 10.2 Å². The average molecular weight is 324 g/mol. The summed E-state index contributed by atoms with van der Waals surface area (Å²) >= 11 is 5.55. The highest BCUT2D eigenvalue weighted by Gasteiger charge is 2.41. The lowest BCUT2D eigenvalue weighted by molar-refractivity contribution is 0.102. The molecule has 2 aliphatic heterocycles. The van der Waals surface area contributed by atoms with E-state index >= 15 is 0 Å². The monoisotopic (exact) mass is 323 g/mol. The summed E-state index contributed by atoms with van der Waals surface area (Å²) < 4.78 is 0. The molecule has 3 heterocycles. The fraction of sp³-hybridized carbons (Fsp3) is 0.533. The molecule has 6 nitrogen and oxygen atoms in total. The van der Waals surface area contributed by atoms with E-state index in [-0.39, 0.29) is 17.7 Å². The molecule has 3 atom stereocenters. The lowest BCUT2D eigenvalue weighted by Crippen LogP contribution is -2.50. The molecule has 2 fully saturated rings. The van der Waals surface area contributed by atoms with Gasteiger partial charge in [0.1, 0.15) is 5.82 Å². The third kappa shape index (κ3) is 2.88. The largest absolute Gasteiger partial charge is 0.465 e. The number of carbonyl (C=O) groups excluding carboxylic acids is 1. The van der Waals surface area contributed by atoms with Crippen molar-refractivity contribution in [1.29, 1.82) is 0 Å². The summed E-state index contributed by atoms with van der Waals surface area (Å²) in [5.74, 6) is 0.680. The highest BCUT2D eigenvalue weighted by molar-refractivity contribution is 6.30.